The monoisotopic (exact) mass is 158 g/mol. The van der Waals surface area contributed by atoms with Crippen LogP contribution in [0.3, 0.4) is 0 Å². The van der Waals surface area contributed by atoms with Crippen molar-refractivity contribution < 1.29 is 4.92 Å². The van der Waals surface area contributed by atoms with E-state index in [2.05, 4.69) is 4.98 Å². The molecular formula is C5H6N2O2S. The van der Waals surface area contributed by atoms with Crippen LogP contribution in [0.5, 0.6) is 0 Å². The van der Waals surface area contributed by atoms with Crippen LogP contribution in [0.2, 0.25) is 0 Å². The lowest BCUT2D eigenvalue weighted by atomic mass is 10.5. The number of aromatic nitrogens is 1. The maximum atomic E-state index is 9.94. The van der Waals surface area contributed by atoms with Gasteiger partial charge in [-0.3, -0.25) is 0 Å². The summed E-state index contributed by atoms with van der Waals surface area (Å²) in [6, 6.07) is 4.55. The number of nitrogens with zero attached hydrogens (tertiary/aromatic N) is 2. The number of pyridine rings is 1. The zero-order valence-corrected chi connectivity index (χ0v) is 6.02. The van der Waals surface area contributed by atoms with Crippen molar-refractivity contribution in [3.05, 3.63) is 34.5 Å². The Balaban J connectivity index is 0.000000810. The average Bonchev–Trinajstić information content (AvgIpc) is 1.90. The van der Waals surface area contributed by atoms with Crippen molar-refractivity contribution in [2.24, 2.45) is 0 Å². The van der Waals surface area contributed by atoms with Crippen LogP contribution >= 0.6 is 13.5 Å². The van der Waals surface area contributed by atoms with Crippen LogP contribution in [-0.4, -0.2) is 9.91 Å². The van der Waals surface area contributed by atoms with Crippen molar-refractivity contribution in [1.29, 1.82) is 0 Å². The molecule has 0 aliphatic heterocycles. The topological polar surface area (TPSA) is 56.0 Å². The summed E-state index contributed by atoms with van der Waals surface area (Å²) in [5, 5.41) is 9.94. The van der Waals surface area contributed by atoms with Crippen LogP contribution in [0.4, 0.5) is 5.82 Å². The van der Waals surface area contributed by atoms with E-state index in [0.29, 0.717) is 0 Å². The van der Waals surface area contributed by atoms with Gasteiger partial charge in [0.2, 0.25) is 0 Å². The minimum atomic E-state index is -0.528. The Hall–Kier alpha value is -1.10. The highest BCUT2D eigenvalue weighted by Crippen LogP contribution is 2.01. The molecule has 0 aliphatic rings. The Kier molecular flexibility index (Phi) is 3.42. The first kappa shape index (κ1) is 8.90. The first-order chi connectivity index (χ1) is 4.30. The molecule has 0 aliphatic carbocycles. The normalized spacial score (nSPS) is 8.00. The average molecular weight is 158 g/mol. The molecule has 0 bridgehead atoms. The van der Waals surface area contributed by atoms with Crippen molar-refractivity contribution in [2.75, 3.05) is 0 Å². The summed E-state index contributed by atoms with van der Waals surface area (Å²) in [5.74, 6) is -0.113. The van der Waals surface area contributed by atoms with Gasteiger partial charge in [0.05, 0.1) is 0 Å². The molecule has 10 heavy (non-hydrogen) atoms. The molecule has 1 aromatic rings. The summed E-state index contributed by atoms with van der Waals surface area (Å²) in [5.41, 5.74) is 0. The third-order valence-electron chi connectivity index (χ3n) is 0.836. The summed E-state index contributed by atoms with van der Waals surface area (Å²) < 4.78 is 0. The highest BCUT2D eigenvalue weighted by Gasteiger charge is 2.00. The Morgan fingerprint density at radius 3 is 2.50 bits per heavy atom. The zero-order valence-electron chi connectivity index (χ0n) is 5.02. The maximum Gasteiger partial charge on any atom is 0.363 e. The van der Waals surface area contributed by atoms with E-state index in [1.807, 2.05) is 0 Å². The highest BCUT2D eigenvalue weighted by atomic mass is 32.1. The second kappa shape index (κ2) is 3.84. The summed E-state index contributed by atoms with van der Waals surface area (Å²) in [6.45, 7) is 0. The fourth-order valence-electron chi connectivity index (χ4n) is 0.462. The molecule has 54 valence electrons. The van der Waals surface area contributed by atoms with Gasteiger partial charge < -0.3 is 10.1 Å². The van der Waals surface area contributed by atoms with Gasteiger partial charge in [0.1, 0.15) is 6.20 Å². The highest BCUT2D eigenvalue weighted by molar-refractivity contribution is 7.59. The molecule has 1 aromatic heterocycles. The van der Waals surface area contributed by atoms with Crippen LogP contribution in [0.1, 0.15) is 0 Å². The smallest absolute Gasteiger partial charge is 0.358 e. The number of hydrogen-bond donors (Lipinski definition) is 0. The standard InChI is InChI=1S/C5H4N2O2.H2S/c8-7(9)5-3-1-2-4-6-5;/h1-4H;1H2. The van der Waals surface area contributed by atoms with E-state index in [9.17, 15) is 10.1 Å². The Morgan fingerprint density at radius 2 is 2.20 bits per heavy atom. The second-order valence-electron chi connectivity index (χ2n) is 1.45. The minimum absolute atomic E-state index is 0. The van der Waals surface area contributed by atoms with Crippen LogP contribution in [0.15, 0.2) is 24.4 Å². The van der Waals surface area contributed by atoms with Gasteiger partial charge in [-0.1, -0.05) is 6.07 Å². The van der Waals surface area contributed by atoms with Gasteiger partial charge in [-0.15, -0.1) is 0 Å². The van der Waals surface area contributed by atoms with Crippen LogP contribution in [0.25, 0.3) is 0 Å². The van der Waals surface area contributed by atoms with E-state index in [-0.39, 0.29) is 19.3 Å². The molecule has 4 nitrogen and oxygen atoms in total. The molecule has 5 heteroatoms. The lowest BCUT2D eigenvalue weighted by Gasteiger charge is -1.86. The van der Waals surface area contributed by atoms with E-state index in [1.165, 1.54) is 12.3 Å². The van der Waals surface area contributed by atoms with E-state index in [4.69, 9.17) is 0 Å². The van der Waals surface area contributed by atoms with Crippen molar-refractivity contribution in [1.82, 2.24) is 4.98 Å². The Bertz CT molecular complexity index is 214. The van der Waals surface area contributed by atoms with E-state index < -0.39 is 4.92 Å². The van der Waals surface area contributed by atoms with Gasteiger partial charge in [-0.25, -0.2) is 0 Å². The Labute approximate surface area is 64.5 Å². The zero-order chi connectivity index (χ0) is 6.69. The predicted molar refractivity (Wildman–Crippen MR) is 41.3 cm³/mol. The second-order valence-corrected chi connectivity index (χ2v) is 1.45. The molecule has 0 radical (unpaired) electrons. The van der Waals surface area contributed by atoms with Crippen LogP contribution < -0.4 is 0 Å². The van der Waals surface area contributed by atoms with E-state index >= 15 is 0 Å². The van der Waals surface area contributed by atoms with Crippen molar-refractivity contribution >= 4 is 19.3 Å². The molecular weight excluding hydrogens is 152 g/mol. The molecule has 0 saturated heterocycles. The van der Waals surface area contributed by atoms with Gasteiger partial charge in [-0.2, -0.15) is 13.5 Å². The van der Waals surface area contributed by atoms with Crippen molar-refractivity contribution in [2.45, 2.75) is 0 Å². The minimum Gasteiger partial charge on any atom is -0.358 e. The summed E-state index contributed by atoms with van der Waals surface area (Å²) in [4.78, 5) is 12.9. The molecule has 0 unspecified atom stereocenters. The fourth-order valence-corrected chi connectivity index (χ4v) is 0.462. The maximum absolute atomic E-state index is 9.94. The molecule has 0 spiro atoms. The van der Waals surface area contributed by atoms with E-state index in [0.717, 1.165) is 0 Å². The van der Waals surface area contributed by atoms with Crippen molar-refractivity contribution in [3.8, 4) is 0 Å². The lowest BCUT2D eigenvalue weighted by Crippen LogP contribution is -1.88. The number of hydrogen-bond acceptors (Lipinski definition) is 3. The van der Waals surface area contributed by atoms with E-state index in [1.54, 1.807) is 12.1 Å². The molecule has 0 amide bonds. The third-order valence-corrected chi connectivity index (χ3v) is 0.836. The van der Waals surface area contributed by atoms with Crippen molar-refractivity contribution in [3.63, 3.8) is 0 Å². The quantitative estimate of drug-likeness (QED) is 0.454. The molecule has 0 N–H and O–H groups in total. The predicted octanol–water partition coefficient (Wildman–Crippen LogP) is 1.10. The molecule has 0 saturated carbocycles. The summed E-state index contributed by atoms with van der Waals surface area (Å²) in [7, 11) is 0. The molecule has 1 rings (SSSR count). The van der Waals surface area contributed by atoms with Gasteiger partial charge in [0.15, 0.2) is 0 Å². The third kappa shape index (κ3) is 2.02. The summed E-state index contributed by atoms with van der Waals surface area (Å²) in [6.07, 6.45) is 1.39. The Morgan fingerprint density at radius 1 is 1.50 bits per heavy atom. The summed E-state index contributed by atoms with van der Waals surface area (Å²) >= 11 is 0. The molecule has 0 fully saturated rings. The molecule has 0 aromatic carbocycles. The largest absolute Gasteiger partial charge is 0.363 e. The number of nitro groups is 1. The van der Waals surface area contributed by atoms with Crippen LogP contribution in [0, 0.1) is 10.1 Å². The van der Waals surface area contributed by atoms with Gasteiger partial charge >= 0.3 is 5.82 Å². The van der Waals surface area contributed by atoms with Gasteiger partial charge in [0.25, 0.3) is 0 Å². The van der Waals surface area contributed by atoms with Crippen LogP contribution in [-0.2, 0) is 0 Å². The fraction of sp³-hybridized carbons (Fsp3) is 0. The SMILES string of the molecule is O=[N+]([O-])c1ccccn1.S. The van der Waals surface area contributed by atoms with Gasteiger partial charge in [0, 0.05) is 6.07 Å². The number of rotatable bonds is 1. The van der Waals surface area contributed by atoms with Gasteiger partial charge in [-0.05, 0) is 16.0 Å². The first-order valence-corrected chi connectivity index (χ1v) is 2.36. The molecule has 0 atom stereocenters. The molecule has 1 heterocycles. The lowest BCUT2D eigenvalue weighted by molar-refractivity contribution is -0.389. The first-order valence-electron chi connectivity index (χ1n) is 2.36.